The van der Waals surface area contributed by atoms with Crippen LogP contribution in [0.15, 0.2) is 24.3 Å². The second kappa shape index (κ2) is 5.93. The van der Waals surface area contributed by atoms with E-state index >= 15 is 0 Å². The molecule has 0 saturated carbocycles. The van der Waals surface area contributed by atoms with Gasteiger partial charge in [0.05, 0.1) is 12.0 Å². The number of carbonyl (C=O) groups excluding carboxylic acids is 1. The lowest BCUT2D eigenvalue weighted by Gasteiger charge is -2.33. The van der Waals surface area contributed by atoms with Crippen molar-refractivity contribution in [3.63, 3.8) is 0 Å². The normalized spacial score (nSPS) is 22.8. The zero-order valence-corrected chi connectivity index (χ0v) is 12.1. The first-order valence-electron chi connectivity index (χ1n) is 6.83. The number of rotatable bonds is 2. The first-order valence-corrected chi connectivity index (χ1v) is 6.83. The van der Waals surface area contributed by atoms with Crippen molar-refractivity contribution in [2.24, 2.45) is 5.92 Å². The van der Waals surface area contributed by atoms with Crippen LogP contribution in [0.3, 0.4) is 0 Å². The van der Waals surface area contributed by atoms with Gasteiger partial charge in [0.1, 0.15) is 0 Å². The first kappa shape index (κ1) is 14.4. The third-order valence-electron chi connectivity index (χ3n) is 4.09. The molecule has 1 unspecified atom stereocenters. The molecule has 2 saturated heterocycles. The summed E-state index contributed by atoms with van der Waals surface area (Å²) in [6.07, 6.45) is 2.24. The number of likely N-dealkylation sites (tertiary alicyclic amines) is 1. The Morgan fingerprint density at radius 1 is 1.37 bits per heavy atom. The van der Waals surface area contributed by atoms with Gasteiger partial charge in [-0.15, -0.1) is 12.4 Å². The highest BCUT2D eigenvalue weighted by atomic mass is 35.5. The maximum absolute atomic E-state index is 12.4. The van der Waals surface area contributed by atoms with Gasteiger partial charge in [0.2, 0.25) is 5.91 Å². The van der Waals surface area contributed by atoms with Crippen molar-refractivity contribution in [1.29, 1.82) is 0 Å². The molecule has 3 nitrogen and oxygen atoms in total. The second-order valence-corrected chi connectivity index (χ2v) is 5.46. The van der Waals surface area contributed by atoms with Gasteiger partial charge in [-0.3, -0.25) is 4.79 Å². The summed E-state index contributed by atoms with van der Waals surface area (Å²) < 4.78 is 0. The fraction of sp³-hybridized carbons (Fsp3) is 0.533. The van der Waals surface area contributed by atoms with Crippen LogP contribution in [0.4, 0.5) is 0 Å². The van der Waals surface area contributed by atoms with E-state index in [1.165, 1.54) is 11.1 Å². The number of amides is 1. The molecule has 1 aromatic rings. The SMILES string of the molecule is Cc1cccc(C2CCCN2C(=O)C2CNC2)c1.Cl. The number of aryl methyl sites for hydroxylation is 1. The van der Waals surface area contributed by atoms with Gasteiger partial charge in [-0.05, 0) is 25.3 Å². The molecule has 0 bridgehead atoms. The summed E-state index contributed by atoms with van der Waals surface area (Å²) in [5, 5.41) is 3.18. The molecule has 1 amide bonds. The fourth-order valence-corrected chi connectivity index (χ4v) is 2.95. The average molecular weight is 281 g/mol. The molecular weight excluding hydrogens is 260 g/mol. The number of halogens is 1. The van der Waals surface area contributed by atoms with Gasteiger partial charge >= 0.3 is 0 Å². The molecule has 0 aromatic heterocycles. The number of carbonyl (C=O) groups is 1. The average Bonchev–Trinajstić information content (AvgIpc) is 2.75. The van der Waals surface area contributed by atoms with E-state index in [1.54, 1.807) is 0 Å². The largest absolute Gasteiger partial charge is 0.335 e. The maximum Gasteiger partial charge on any atom is 0.228 e. The van der Waals surface area contributed by atoms with Gasteiger partial charge in [0.15, 0.2) is 0 Å². The van der Waals surface area contributed by atoms with Crippen LogP contribution in [0.2, 0.25) is 0 Å². The maximum atomic E-state index is 12.4. The van der Waals surface area contributed by atoms with E-state index in [0.29, 0.717) is 11.9 Å². The molecule has 1 N–H and O–H groups in total. The summed E-state index contributed by atoms with van der Waals surface area (Å²) in [6, 6.07) is 8.88. The second-order valence-electron chi connectivity index (χ2n) is 5.46. The van der Waals surface area contributed by atoms with Crippen molar-refractivity contribution in [3.8, 4) is 0 Å². The van der Waals surface area contributed by atoms with Crippen LogP contribution in [0, 0.1) is 12.8 Å². The zero-order valence-electron chi connectivity index (χ0n) is 11.3. The molecule has 1 atom stereocenters. The zero-order chi connectivity index (χ0) is 12.5. The third kappa shape index (κ3) is 2.77. The Balaban J connectivity index is 0.00000133. The van der Waals surface area contributed by atoms with Crippen molar-refractivity contribution in [3.05, 3.63) is 35.4 Å². The Bertz CT molecular complexity index is 459. The first-order chi connectivity index (χ1) is 8.75. The standard InChI is InChI=1S/C15H20N2O.ClH/c1-11-4-2-5-12(8-11)14-6-3-7-17(14)15(18)13-9-16-10-13;/h2,4-5,8,13-14,16H,3,6-7,9-10H2,1H3;1H. The Hall–Kier alpha value is -1.06. The topological polar surface area (TPSA) is 32.3 Å². The molecule has 2 aliphatic heterocycles. The van der Waals surface area contributed by atoms with Crippen LogP contribution >= 0.6 is 12.4 Å². The molecule has 2 aliphatic rings. The summed E-state index contributed by atoms with van der Waals surface area (Å²) in [5.41, 5.74) is 2.57. The summed E-state index contributed by atoms with van der Waals surface area (Å²) in [4.78, 5) is 14.5. The van der Waals surface area contributed by atoms with Crippen LogP contribution in [-0.2, 0) is 4.79 Å². The Kier molecular flexibility index (Phi) is 4.48. The molecule has 4 heteroatoms. The quantitative estimate of drug-likeness (QED) is 0.902. The monoisotopic (exact) mass is 280 g/mol. The van der Waals surface area contributed by atoms with Crippen LogP contribution in [0.1, 0.15) is 30.0 Å². The van der Waals surface area contributed by atoms with Gasteiger partial charge in [-0.2, -0.15) is 0 Å². The minimum absolute atomic E-state index is 0. The lowest BCUT2D eigenvalue weighted by Crippen LogP contribution is -2.51. The molecule has 3 rings (SSSR count). The molecule has 2 fully saturated rings. The number of nitrogens with one attached hydrogen (secondary N) is 1. The number of hydrogen-bond donors (Lipinski definition) is 1. The van der Waals surface area contributed by atoms with Crippen LogP contribution < -0.4 is 5.32 Å². The highest BCUT2D eigenvalue weighted by molar-refractivity contribution is 5.85. The molecule has 0 spiro atoms. The fourth-order valence-electron chi connectivity index (χ4n) is 2.95. The summed E-state index contributed by atoms with van der Waals surface area (Å²) in [7, 11) is 0. The lowest BCUT2D eigenvalue weighted by atomic mass is 9.98. The van der Waals surface area contributed by atoms with Gasteiger partial charge in [0, 0.05) is 19.6 Å². The minimum atomic E-state index is 0. The van der Waals surface area contributed by atoms with E-state index in [9.17, 15) is 4.79 Å². The van der Waals surface area contributed by atoms with Gasteiger partial charge < -0.3 is 10.2 Å². The summed E-state index contributed by atoms with van der Waals surface area (Å²) in [6.45, 7) is 4.75. The van der Waals surface area contributed by atoms with E-state index in [-0.39, 0.29) is 18.3 Å². The molecule has 1 aromatic carbocycles. The van der Waals surface area contributed by atoms with Crippen LogP contribution in [-0.4, -0.2) is 30.4 Å². The van der Waals surface area contributed by atoms with E-state index in [0.717, 1.165) is 32.5 Å². The molecule has 104 valence electrons. The smallest absolute Gasteiger partial charge is 0.228 e. The number of benzene rings is 1. The summed E-state index contributed by atoms with van der Waals surface area (Å²) >= 11 is 0. The minimum Gasteiger partial charge on any atom is -0.335 e. The summed E-state index contributed by atoms with van der Waals surface area (Å²) in [5.74, 6) is 0.563. The molecule has 2 heterocycles. The highest BCUT2D eigenvalue weighted by Gasteiger charge is 2.36. The van der Waals surface area contributed by atoms with Crippen molar-refractivity contribution in [1.82, 2.24) is 10.2 Å². The van der Waals surface area contributed by atoms with Crippen molar-refractivity contribution < 1.29 is 4.79 Å². The predicted molar refractivity (Wildman–Crippen MR) is 78.5 cm³/mol. The van der Waals surface area contributed by atoms with Gasteiger partial charge in [0.25, 0.3) is 0 Å². The van der Waals surface area contributed by atoms with Crippen LogP contribution in [0.25, 0.3) is 0 Å². The van der Waals surface area contributed by atoms with E-state index in [4.69, 9.17) is 0 Å². The predicted octanol–water partition coefficient (Wildman–Crippen LogP) is 2.30. The molecule has 19 heavy (non-hydrogen) atoms. The third-order valence-corrected chi connectivity index (χ3v) is 4.09. The number of nitrogens with zero attached hydrogens (tertiary/aromatic N) is 1. The van der Waals surface area contributed by atoms with E-state index in [1.807, 2.05) is 0 Å². The molecular formula is C15H21ClN2O. The highest BCUT2D eigenvalue weighted by Crippen LogP contribution is 2.33. The molecule has 0 radical (unpaired) electrons. The Labute approximate surface area is 120 Å². The van der Waals surface area contributed by atoms with Gasteiger partial charge in [-0.25, -0.2) is 0 Å². The molecule has 0 aliphatic carbocycles. The number of hydrogen-bond acceptors (Lipinski definition) is 2. The van der Waals surface area contributed by atoms with E-state index < -0.39 is 0 Å². The van der Waals surface area contributed by atoms with E-state index in [2.05, 4.69) is 41.4 Å². The van der Waals surface area contributed by atoms with Crippen molar-refractivity contribution in [2.75, 3.05) is 19.6 Å². The Morgan fingerprint density at radius 2 is 2.16 bits per heavy atom. The van der Waals surface area contributed by atoms with Gasteiger partial charge in [-0.1, -0.05) is 29.8 Å². The Morgan fingerprint density at radius 3 is 2.79 bits per heavy atom. The van der Waals surface area contributed by atoms with Crippen molar-refractivity contribution in [2.45, 2.75) is 25.8 Å². The van der Waals surface area contributed by atoms with Crippen molar-refractivity contribution >= 4 is 18.3 Å². The lowest BCUT2D eigenvalue weighted by molar-refractivity contribution is -0.138. The van der Waals surface area contributed by atoms with Crippen LogP contribution in [0.5, 0.6) is 0 Å².